The molecule has 1 N–H and O–H groups in total. The molecule has 6 nitrogen and oxygen atoms in total. The Morgan fingerprint density at radius 1 is 1.11 bits per heavy atom. The van der Waals surface area contributed by atoms with E-state index < -0.39 is 0 Å². The van der Waals surface area contributed by atoms with Crippen LogP contribution in [0.5, 0.6) is 0 Å². The highest BCUT2D eigenvalue weighted by Crippen LogP contribution is 2.23. The molecular formula is C22H33N3O3. The summed E-state index contributed by atoms with van der Waals surface area (Å²) in [4.78, 5) is 29.1. The highest BCUT2D eigenvalue weighted by molar-refractivity contribution is 5.94. The smallest absolute Gasteiger partial charge is 0.251 e. The van der Waals surface area contributed by atoms with E-state index >= 15 is 0 Å². The molecular weight excluding hydrogens is 354 g/mol. The number of hydrogen-bond donors (Lipinski definition) is 1. The van der Waals surface area contributed by atoms with Crippen LogP contribution in [0.4, 0.5) is 5.69 Å². The van der Waals surface area contributed by atoms with Crippen molar-refractivity contribution >= 4 is 17.5 Å². The third-order valence-corrected chi connectivity index (χ3v) is 5.78. The zero-order chi connectivity index (χ0) is 20.3. The molecule has 2 heterocycles. The molecule has 3 rings (SSSR count). The molecule has 154 valence electrons. The summed E-state index contributed by atoms with van der Waals surface area (Å²) in [6, 6.07) is 7.82. The number of anilines is 1. The van der Waals surface area contributed by atoms with E-state index in [9.17, 15) is 9.59 Å². The van der Waals surface area contributed by atoms with Crippen LogP contribution < -0.4 is 5.32 Å². The Morgan fingerprint density at radius 2 is 1.75 bits per heavy atom. The quantitative estimate of drug-likeness (QED) is 0.863. The number of amides is 2. The molecule has 2 aliphatic heterocycles. The Kier molecular flexibility index (Phi) is 6.40. The molecule has 2 amide bonds. The van der Waals surface area contributed by atoms with Crippen molar-refractivity contribution in [3.05, 3.63) is 29.8 Å². The van der Waals surface area contributed by atoms with Gasteiger partial charge in [-0.15, -0.1) is 0 Å². The fourth-order valence-electron chi connectivity index (χ4n) is 3.77. The fourth-order valence-corrected chi connectivity index (χ4v) is 3.77. The lowest BCUT2D eigenvalue weighted by Gasteiger charge is -2.38. The number of ether oxygens (including phenoxy) is 1. The van der Waals surface area contributed by atoms with Crippen molar-refractivity contribution in [2.75, 3.05) is 38.1 Å². The van der Waals surface area contributed by atoms with Crippen molar-refractivity contribution in [2.24, 2.45) is 0 Å². The lowest BCUT2D eigenvalue weighted by Crippen LogP contribution is -2.55. The highest BCUT2D eigenvalue weighted by atomic mass is 16.5. The summed E-state index contributed by atoms with van der Waals surface area (Å²) >= 11 is 0. The standard InChI is InChI=1S/C22H33N3O3/c1-16(20(26)23-18-9-7-17(8-10-18)22(2,3)4)24-11-13-25(14-12-24)21(27)19-6-5-15-28-19/h7-10,16,19H,5-6,11-15H2,1-4H3,(H,23,26). The van der Waals surface area contributed by atoms with Crippen LogP contribution in [0.15, 0.2) is 24.3 Å². The Morgan fingerprint density at radius 3 is 2.29 bits per heavy atom. The summed E-state index contributed by atoms with van der Waals surface area (Å²) in [5, 5.41) is 3.02. The van der Waals surface area contributed by atoms with Gasteiger partial charge in [-0.3, -0.25) is 14.5 Å². The van der Waals surface area contributed by atoms with Gasteiger partial charge in [0.15, 0.2) is 0 Å². The second kappa shape index (κ2) is 8.62. The van der Waals surface area contributed by atoms with Gasteiger partial charge in [-0.25, -0.2) is 0 Å². The van der Waals surface area contributed by atoms with Crippen LogP contribution in [-0.2, 0) is 19.7 Å². The minimum absolute atomic E-state index is 0.0117. The lowest BCUT2D eigenvalue weighted by atomic mass is 9.87. The lowest BCUT2D eigenvalue weighted by molar-refractivity contribution is -0.143. The Labute approximate surface area is 168 Å². The summed E-state index contributed by atoms with van der Waals surface area (Å²) in [6.45, 7) is 11.8. The van der Waals surface area contributed by atoms with Crippen molar-refractivity contribution in [3.8, 4) is 0 Å². The molecule has 0 bridgehead atoms. The first-order chi connectivity index (χ1) is 13.3. The number of carbonyl (C=O) groups is 2. The van der Waals surface area contributed by atoms with Crippen LogP contribution >= 0.6 is 0 Å². The molecule has 2 unspecified atom stereocenters. The molecule has 0 spiro atoms. The van der Waals surface area contributed by atoms with Gasteiger partial charge in [-0.2, -0.15) is 0 Å². The maximum Gasteiger partial charge on any atom is 0.251 e. The molecule has 28 heavy (non-hydrogen) atoms. The van der Waals surface area contributed by atoms with Crippen LogP contribution in [0.1, 0.15) is 46.1 Å². The zero-order valence-electron chi connectivity index (χ0n) is 17.5. The number of rotatable bonds is 4. The van der Waals surface area contributed by atoms with Crippen molar-refractivity contribution in [2.45, 2.75) is 58.1 Å². The van der Waals surface area contributed by atoms with Gasteiger partial charge in [0.05, 0.1) is 6.04 Å². The molecule has 2 fully saturated rings. The van der Waals surface area contributed by atoms with Crippen molar-refractivity contribution < 1.29 is 14.3 Å². The first-order valence-electron chi connectivity index (χ1n) is 10.3. The molecule has 1 aromatic rings. The maximum atomic E-state index is 12.7. The van der Waals surface area contributed by atoms with Gasteiger partial charge in [0.25, 0.3) is 5.91 Å². The second-order valence-corrected chi connectivity index (χ2v) is 8.86. The van der Waals surface area contributed by atoms with Gasteiger partial charge in [-0.05, 0) is 42.9 Å². The topological polar surface area (TPSA) is 61.9 Å². The third kappa shape index (κ3) is 4.92. The van der Waals surface area contributed by atoms with Crippen LogP contribution in [0, 0.1) is 0 Å². The van der Waals surface area contributed by atoms with Gasteiger partial charge in [-0.1, -0.05) is 32.9 Å². The van der Waals surface area contributed by atoms with E-state index in [2.05, 4.69) is 43.1 Å². The number of hydrogen-bond acceptors (Lipinski definition) is 4. The average molecular weight is 388 g/mol. The minimum atomic E-state index is -0.261. The van der Waals surface area contributed by atoms with Crippen LogP contribution in [0.2, 0.25) is 0 Å². The molecule has 2 aliphatic rings. The summed E-state index contributed by atoms with van der Waals surface area (Å²) in [5.74, 6) is 0.0932. The van der Waals surface area contributed by atoms with E-state index in [0.29, 0.717) is 32.8 Å². The molecule has 0 saturated carbocycles. The summed E-state index contributed by atoms with van der Waals surface area (Å²) in [7, 11) is 0. The van der Waals surface area contributed by atoms with Gasteiger partial charge in [0.2, 0.25) is 5.91 Å². The van der Waals surface area contributed by atoms with E-state index in [4.69, 9.17) is 4.74 Å². The predicted molar refractivity (Wildman–Crippen MR) is 110 cm³/mol. The molecule has 0 aromatic heterocycles. The first-order valence-corrected chi connectivity index (χ1v) is 10.3. The van der Waals surface area contributed by atoms with Gasteiger partial charge in [0, 0.05) is 38.5 Å². The summed E-state index contributed by atoms with van der Waals surface area (Å²) < 4.78 is 5.51. The van der Waals surface area contributed by atoms with Crippen molar-refractivity contribution in [1.82, 2.24) is 9.80 Å². The van der Waals surface area contributed by atoms with Gasteiger partial charge >= 0.3 is 0 Å². The Hall–Kier alpha value is -1.92. The van der Waals surface area contributed by atoms with E-state index in [0.717, 1.165) is 18.5 Å². The van der Waals surface area contributed by atoms with Crippen LogP contribution in [0.25, 0.3) is 0 Å². The normalized spacial score (nSPS) is 22.1. The maximum absolute atomic E-state index is 12.7. The molecule has 1 aromatic carbocycles. The Balaban J connectivity index is 1.49. The Bertz CT molecular complexity index is 682. The summed E-state index contributed by atoms with van der Waals surface area (Å²) in [5.41, 5.74) is 2.15. The number of piperazine rings is 1. The number of nitrogens with zero attached hydrogens (tertiary/aromatic N) is 2. The number of carbonyl (C=O) groups excluding carboxylic acids is 2. The number of benzene rings is 1. The fraction of sp³-hybridized carbons (Fsp3) is 0.636. The zero-order valence-corrected chi connectivity index (χ0v) is 17.5. The van der Waals surface area contributed by atoms with E-state index in [1.807, 2.05) is 24.0 Å². The largest absolute Gasteiger partial charge is 0.368 e. The van der Waals surface area contributed by atoms with Crippen molar-refractivity contribution in [1.29, 1.82) is 0 Å². The van der Waals surface area contributed by atoms with E-state index in [-0.39, 0.29) is 29.4 Å². The first kappa shape index (κ1) is 20.8. The van der Waals surface area contributed by atoms with Gasteiger partial charge in [0.1, 0.15) is 6.10 Å². The third-order valence-electron chi connectivity index (χ3n) is 5.78. The van der Waals surface area contributed by atoms with Crippen molar-refractivity contribution in [3.63, 3.8) is 0 Å². The van der Waals surface area contributed by atoms with E-state index in [1.165, 1.54) is 5.56 Å². The second-order valence-electron chi connectivity index (χ2n) is 8.86. The SMILES string of the molecule is CC(C(=O)Nc1ccc(C(C)(C)C)cc1)N1CCN(C(=O)C2CCCO2)CC1. The molecule has 2 saturated heterocycles. The minimum Gasteiger partial charge on any atom is -0.368 e. The monoisotopic (exact) mass is 387 g/mol. The number of nitrogens with one attached hydrogen (secondary N) is 1. The molecule has 0 aliphatic carbocycles. The van der Waals surface area contributed by atoms with Crippen LogP contribution in [0.3, 0.4) is 0 Å². The van der Waals surface area contributed by atoms with Gasteiger partial charge < -0.3 is 15.0 Å². The van der Waals surface area contributed by atoms with Crippen LogP contribution in [-0.4, -0.2) is 66.5 Å². The summed E-state index contributed by atoms with van der Waals surface area (Å²) in [6.07, 6.45) is 1.53. The molecule has 2 atom stereocenters. The molecule has 6 heteroatoms. The predicted octanol–water partition coefficient (Wildman–Crippen LogP) is 2.63. The van der Waals surface area contributed by atoms with E-state index in [1.54, 1.807) is 0 Å². The highest BCUT2D eigenvalue weighted by Gasteiger charge is 2.32. The average Bonchev–Trinajstić information content (AvgIpc) is 3.21. The molecule has 0 radical (unpaired) electrons.